The van der Waals surface area contributed by atoms with Crippen molar-refractivity contribution in [2.45, 2.75) is 26.2 Å². The Morgan fingerprint density at radius 2 is 1.62 bits per heavy atom. The first-order chi connectivity index (χ1) is 15.1. The number of amides is 2. The van der Waals surface area contributed by atoms with E-state index in [2.05, 4.69) is 47.3 Å². The van der Waals surface area contributed by atoms with Gasteiger partial charge in [-0.15, -0.1) is 0 Å². The van der Waals surface area contributed by atoms with E-state index < -0.39 is 0 Å². The lowest BCUT2D eigenvalue weighted by molar-refractivity contribution is -0.118. The zero-order chi connectivity index (χ0) is 23.3. The molecular weight excluding hydrogens is 492 g/mol. The summed E-state index contributed by atoms with van der Waals surface area (Å²) >= 11 is 9.46. The number of ether oxygens (including phenoxy) is 1. The van der Waals surface area contributed by atoms with Crippen LogP contribution in [0, 0.1) is 0 Å². The summed E-state index contributed by atoms with van der Waals surface area (Å²) in [6.45, 7) is 6.23. The minimum Gasteiger partial charge on any atom is -0.483 e. The third kappa shape index (κ3) is 6.58. The summed E-state index contributed by atoms with van der Waals surface area (Å²) in [5.74, 6) is -0.0468. The van der Waals surface area contributed by atoms with Crippen LogP contribution in [-0.4, -0.2) is 18.4 Å². The van der Waals surface area contributed by atoms with Gasteiger partial charge in [0.25, 0.3) is 11.8 Å². The molecule has 5 nitrogen and oxygen atoms in total. The first kappa shape index (κ1) is 23.8. The highest BCUT2D eigenvalue weighted by atomic mass is 79.9. The Hall–Kier alpha value is -2.83. The predicted molar refractivity (Wildman–Crippen MR) is 133 cm³/mol. The molecule has 0 fully saturated rings. The molecule has 7 heteroatoms. The molecule has 2 amide bonds. The fourth-order valence-electron chi connectivity index (χ4n) is 2.93. The highest BCUT2D eigenvalue weighted by Gasteiger charge is 2.16. The van der Waals surface area contributed by atoms with E-state index in [9.17, 15) is 9.59 Å². The number of halogens is 2. The van der Waals surface area contributed by atoms with Crippen molar-refractivity contribution in [1.82, 2.24) is 0 Å². The Labute approximate surface area is 201 Å². The van der Waals surface area contributed by atoms with Crippen LogP contribution in [0.5, 0.6) is 5.75 Å². The van der Waals surface area contributed by atoms with Gasteiger partial charge in [0.1, 0.15) is 5.75 Å². The Balaban J connectivity index is 1.59. The Morgan fingerprint density at radius 3 is 2.28 bits per heavy atom. The van der Waals surface area contributed by atoms with E-state index in [4.69, 9.17) is 16.3 Å². The van der Waals surface area contributed by atoms with E-state index in [0.29, 0.717) is 27.7 Å². The molecule has 0 radical (unpaired) electrons. The van der Waals surface area contributed by atoms with E-state index >= 15 is 0 Å². The van der Waals surface area contributed by atoms with Crippen LogP contribution in [0.1, 0.15) is 36.7 Å². The van der Waals surface area contributed by atoms with Crippen molar-refractivity contribution in [1.29, 1.82) is 0 Å². The number of anilines is 2. The van der Waals surface area contributed by atoms with Crippen molar-refractivity contribution in [2.24, 2.45) is 0 Å². The van der Waals surface area contributed by atoms with Crippen molar-refractivity contribution in [3.63, 3.8) is 0 Å². The minimum atomic E-state index is -0.329. The summed E-state index contributed by atoms with van der Waals surface area (Å²) in [4.78, 5) is 24.9. The maximum atomic E-state index is 12.5. The minimum absolute atomic E-state index is 0.0164. The molecule has 3 rings (SSSR count). The highest BCUT2D eigenvalue weighted by Crippen LogP contribution is 2.31. The van der Waals surface area contributed by atoms with Gasteiger partial charge in [0, 0.05) is 22.0 Å². The summed E-state index contributed by atoms with van der Waals surface area (Å²) in [6, 6.07) is 19.4. The Kier molecular flexibility index (Phi) is 7.59. The number of carbonyl (C=O) groups is 2. The highest BCUT2D eigenvalue weighted by molar-refractivity contribution is 9.10. The van der Waals surface area contributed by atoms with Gasteiger partial charge in [0.2, 0.25) is 0 Å². The molecule has 32 heavy (non-hydrogen) atoms. The largest absolute Gasteiger partial charge is 0.483 e. The molecule has 0 unspecified atom stereocenters. The van der Waals surface area contributed by atoms with E-state index in [1.165, 1.54) is 0 Å². The molecule has 0 spiro atoms. The number of hydrogen-bond donors (Lipinski definition) is 2. The molecule has 0 atom stereocenters. The lowest BCUT2D eigenvalue weighted by atomic mass is 9.87. The van der Waals surface area contributed by atoms with Gasteiger partial charge in [-0.3, -0.25) is 9.59 Å². The second-order valence-electron chi connectivity index (χ2n) is 8.28. The number of carbonyl (C=O) groups excluding carboxylic acids is 2. The molecular formula is C25H24BrClN2O3. The molecule has 0 aliphatic rings. The molecule has 0 aliphatic heterocycles. The van der Waals surface area contributed by atoms with Gasteiger partial charge in [-0.05, 0) is 75.4 Å². The molecule has 0 saturated heterocycles. The quantitative estimate of drug-likeness (QED) is 0.385. The van der Waals surface area contributed by atoms with Crippen LogP contribution < -0.4 is 15.4 Å². The standard InChI is InChI=1S/C25H24BrClN2O3/c1-25(2,3)17-10-11-22(21(26)13-17)32-15-23(30)28-19-8-4-6-16(12-19)24(31)29-20-9-5-7-18(27)14-20/h4-14H,15H2,1-3H3,(H,28,30)(H,29,31). The molecule has 0 aliphatic carbocycles. The van der Waals surface area contributed by atoms with E-state index in [0.717, 1.165) is 10.0 Å². The normalized spacial score (nSPS) is 11.0. The zero-order valence-electron chi connectivity index (χ0n) is 18.0. The number of benzene rings is 3. The fraction of sp³-hybridized carbons (Fsp3) is 0.200. The lowest BCUT2D eigenvalue weighted by Crippen LogP contribution is -2.21. The smallest absolute Gasteiger partial charge is 0.262 e. The molecule has 0 heterocycles. The first-order valence-electron chi connectivity index (χ1n) is 10.0. The van der Waals surface area contributed by atoms with Crippen LogP contribution in [0.4, 0.5) is 11.4 Å². The van der Waals surface area contributed by atoms with E-state index in [1.54, 1.807) is 48.5 Å². The van der Waals surface area contributed by atoms with Gasteiger partial charge in [-0.25, -0.2) is 0 Å². The summed E-state index contributed by atoms with van der Waals surface area (Å²) in [7, 11) is 0. The third-order valence-corrected chi connectivity index (χ3v) is 5.50. The fourth-order valence-corrected chi connectivity index (χ4v) is 3.62. The maximum absolute atomic E-state index is 12.5. The SMILES string of the molecule is CC(C)(C)c1ccc(OCC(=O)Nc2cccc(C(=O)Nc3cccc(Cl)c3)c2)c(Br)c1. The van der Waals surface area contributed by atoms with Gasteiger partial charge >= 0.3 is 0 Å². The van der Waals surface area contributed by atoms with Crippen molar-refractivity contribution in [3.8, 4) is 5.75 Å². The second kappa shape index (κ2) is 10.2. The van der Waals surface area contributed by atoms with Gasteiger partial charge < -0.3 is 15.4 Å². The number of hydrogen-bond acceptors (Lipinski definition) is 3. The average molecular weight is 516 g/mol. The summed E-state index contributed by atoms with van der Waals surface area (Å²) < 4.78 is 6.44. The van der Waals surface area contributed by atoms with Crippen LogP contribution in [-0.2, 0) is 10.2 Å². The Bertz CT molecular complexity index is 1140. The summed E-state index contributed by atoms with van der Waals surface area (Å²) in [5.41, 5.74) is 2.67. The zero-order valence-corrected chi connectivity index (χ0v) is 20.4. The maximum Gasteiger partial charge on any atom is 0.262 e. The van der Waals surface area contributed by atoms with Gasteiger partial charge in [-0.2, -0.15) is 0 Å². The molecule has 0 saturated carbocycles. The molecule has 0 aromatic heterocycles. The molecule has 3 aromatic carbocycles. The van der Waals surface area contributed by atoms with Gasteiger partial charge in [-0.1, -0.05) is 50.6 Å². The van der Waals surface area contributed by atoms with Gasteiger partial charge in [0.15, 0.2) is 6.61 Å². The van der Waals surface area contributed by atoms with Crippen molar-refractivity contribution in [2.75, 3.05) is 17.2 Å². The van der Waals surface area contributed by atoms with Crippen LogP contribution >= 0.6 is 27.5 Å². The average Bonchev–Trinajstić information content (AvgIpc) is 2.72. The number of rotatable bonds is 6. The number of nitrogens with one attached hydrogen (secondary N) is 2. The Morgan fingerprint density at radius 1 is 0.938 bits per heavy atom. The summed E-state index contributed by atoms with van der Waals surface area (Å²) in [6.07, 6.45) is 0. The monoisotopic (exact) mass is 514 g/mol. The van der Waals surface area contributed by atoms with Crippen molar-refractivity contribution in [3.05, 3.63) is 87.4 Å². The second-order valence-corrected chi connectivity index (χ2v) is 9.57. The molecule has 0 bridgehead atoms. The topological polar surface area (TPSA) is 67.4 Å². The third-order valence-electron chi connectivity index (χ3n) is 4.65. The van der Waals surface area contributed by atoms with E-state index in [-0.39, 0.29) is 23.8 Å². The first-order valence-corrected chi connectivity index (χ1v) is 11.2. The van der Waals surface area contributed by atoms with Gasteiger partial charge in [0.05, 0.1) is 4.47 Å². The lowest BCUT2D eigenvalue weighted by Gasteiger charge is -2.20. The predicted octanol–water partition coefficient (Wildman–Crippen LogP) is 6.67. The van der Waals surface area contributed by atoms with Crippen LogP contribution in [0.2, 0.25) is 5.02 Å². The van der Waals surface area contributed by atoms with Crippen LogP contribution in [0.3, 0.4) is 0 Å². The molecule has 2 N–H and O–H groups in total. The van der Waals surface area contributed by atoms with Crippen molar-refractivity contribution >= 4 is 50.7 Å². The van der Waals surface area contributed by atoms with Crippen LogP contribution in [0.15, 0.2) is 71.2 Å². The van der Waals surface area contributed by atoms with E-state index in [1.807, 2.05) is 18.2 Å². The van der Waals surface area contributed by atoms with Crippen molar-refractivity contribution < 1.29 is 14.3 Å². The molecule has 3 aromatic rings. The summed E-state index contributed by atoms with van der Waals surface area (Å²) in [5, 5.41) is 6.07. The van der Waals surface area contributed by atoms with Crippen LogP contribution in [0.25, 0.3) is 0 Å². The molecule has 166 valence electrons.